The molecule has 0 saturated heterocycles. The van der Waals surface area contributed by atoms with Gasteiger partial charge in [-0.15, -0.1) is 0 Å². The van der Waals surface area contributed by atoms with Crippen LogP contribution in [0.2, 0.25) is 0 Å². The maximum Gasteiger partial charge on any atom is 0.230 e. The molecule has 0 fully saturated rings. The predicted molar refractivity (Wildman–Crippen MR) is 130 cm³/mol. The summed E-state index contributed by atoms with van der Waals surface area (Å²) in [4.78, 5) is 15.8. The maximum atomic E-state index is 13.7. The smallest absolute Gasteiger partial charge is 0.230 e. The van der Waals surface area contributed by atoms with E-state index in [4.69, 9.17) is 0 Å². The minimum absolute atomic E-state index is 0.0752. The molecule has 0 aliphatic rings. The van der Waals surface area contributed by atoms with Crippen molar-refractivity contribution < 1.29 is 4.79 Å². The Balaban J connectivity index is 2.30. The van der Waals surface area contributed by atoms with Crippen LogP contribution in [0.3, 0.4) is 0 Å². The molecule has 0 heterocycles. The van der Waals surface area contributed by atoms with E-state index in [9.17, 15) is 4.79 Å². The molecule has 2 rings (SSSR count). The molecule has 0 aromatic heterocycles. The van der Waals surface area contributed by atoms with Crippen molar-refractivity contribution in [1.29, 1.82) is 0 Å². The van der Waals surface area contributed by atoms with Crippen molar-refractivity contribution in [2.24, 2.45) is 0 Å². The van der Waals surface area contributed by atoms with Gasteiger partial charge in [-0.25, -0.2) is 0 Å². The molecule has 1 amide bonds. The summed E-state index contributed by atoms with van der Waals surface area (Å²) in [5, 5.41) is 0. The predicted octanol–water partition coefficient (Wildman–Crippen LogP) is 7.47. The van der Waals surface area contributed by atoms with Crippen molar-refractivity contribution in [3.63, 3.8) is 0 Å². The van der Waals surface area contributed by atoms with Gasteiger partial charge in [-0.05, 0) is 43.7 Å². The molecule has 0 bridgehead atoms. The molecule has 2 nitrogen and oxygen atoms in total. The van der Waals surface area contributed by atoms with Gasteiger partial charge in [-0.1, -0.05) is 106 Å². The molecule has 2 aromatic carbocycles. The number of unbranched alkanes of at least 4 members (excludes halogenated alkanes) is 2. The molecule has 0 spiro atoms. The van der Waals surface area contributed by atoms with Crippen LogP contribution < -0.4 is 0 Å². The highest BCUT2D eigenvalue weighted by molar-refractivity contribution is 5.84. The van der Waals surface area contributed by atoms with Crippen molar-refractivity contribution in [3.8, 4) is 0 Å². The van der Waals surface area contributed by atoms with Gasteiger partial charge in [-0.3, -0.25) is 4.79 Å². The van der Waals surface area contributed by atoms with Crippen LogP contribution in [0.25, 0.3) is 6.08 Å². The highest BCUT2D eigenvalue weighted by Gasteiger charge is 2.27. The van der Waals surface area contributed by atoms with Crippen LogP contribution in [0.15, 0.2) is 66.2 Å². The zero-order valence-corrected chi connectivity index (χ0v) is 19.3. The van der Waals surface area contributed by atoms with Crippen LogP contribution in [0.1, 0.15) is 83.3 Å². The molecule has 2 heteroatoms. The third kappa shape index (κ3) is 7.16. The molecule has 0 aliphatic heterocycles. The maximum absolute atomic E-state index is 13.7. The zero-order valence-electron chi connectivity index (χ0n) is 19.3. The first kappa shape index (κ1) is 23.9. The van der Waals surface area contributed by atoms with E-state index >= 15 is 0 Å². The summed E-state index contributed by atoms with van der Waals surface area (Å²) >= 11 is 0. The summed E-state index contributed by atoms with van der Waals surface area (Å²) in [5.41, 5.74) is 3.69. The molecule has 162 valence electrons. The van der Waals surface area contributed by atoms with Crippen LogP contribution >= 0.6 is 0 Å². The minimum Gasteiger partial charge on any atom is -0.335 e. The lowest BCUT2D eigenvalue weighted by Gasteiger charge is -2.33. The lowest BCUT2D eigenvalue weighted by molar-refractivity contribution is -0.134. The van der Waals surface area contributed by atoms with Crippen molar-refractivity contribution in [3.05, 3.63) is 77.4 Å². The normalized spacial score (nSPS) is 13.7. The average Bonchev–Trinajstić information content (AvgIpc) is 2.78. The Morgan fingerprint density at radius 2 is 1.53 bits per heavy atom. The number of carbonyl (C=O) groups is 1. The molecule has 0 saturated carbocycles. The van der Waals surface area contributed by atoms with Gasteiger partial charge >= 0.3 is 0 Å². The third-order valence-electron chi connectivity index (χ3n) is 5.96. The third-order valence-corrected chi connectivity index (χ3v) is 5.96. The van der Waals surface area contributed by atoms with E-state index < -0.39 is 0 Å². The second-order valence-electron chi connectivity index (χ2n) is 8.27. The van der Waals surface area contributed by atoms with Crippen molar-refractivity contribution in [2.45, 2.75) is 78.2 Å². The Kier molecular flexibility index (Phi) is 10.4. The fraction of sp³-hybridized carbons (Fsp3) is 0.464. The van der Waals surface area contributed by atoms with Crippen LogP contribution in [-0.2, 0) is 4.79 Å². The first-order valence-corrected chi connectivity index (χ1v) is 11.7. The van der Waals surface area contributed by atoms with E-state index in [0.29, 0.717) is 0 Å². The average molecular weight is 406 g/mol. The summed E-state index contributed by atoms with van der Waals surface area (Å²) in [6.07, 6.45) is 8.73. The number of carbonyl (C=O) groups excluding carboxylic acids is 1. The van der Waals surface area contributed by atoms with Gasteiger partial charge in [0.2, 0.25) is 5.91 Å². The van der Waals surface area contributed by atoms with Crippen LogP contribution in [0.4, 0.5) is 0 Å². The Morgan fingerprint density at radius 3 is 2.10 bits per heavy atom. The number of benzene rings is 2. The van der Waals surface area contributed by atoms with Crippen LogP contribution in [0, 0.1) is 0 Å². The van der Waals surface area contributed by atoms with E-state index in [1.807, 2.05) is 18.2 Å². The highest BCUT2D eigenvalue weighted by atomic mass is 16.2. The summed E-state index contributed by atoms with van der Waals surface area (Å²) in [7, 11) is 0. The molecular weight excluding hydrogens is 366 g/mol. The first-order chi connectivity index (χ1) is 14.6. The fourth-order valence-corrected chi connectivity index (χ4v) is 3.91. The molecule has 2 atom stereocenters. The Morgan fingerprint density at radius 1 is 0.900 bits per heavy atom. The largest absolute Gasteiger partial charge is 0.335 e. The lowest BCUT2D eigenvalue weighted by Crippen LogP contribution is -2.42. The quantitative estimate of drug-likeness (QED) is 0.335. The van der Waals surface area contributed by atoms with Gasteiger partial charge in [0.15, 0.2) is 0 Å². The van der Waals surface area contributed by atoms with Gasteiger partial charge in [0.1, 0.15) is 0 Å². The fourth-order valence-electron chi connectivity index (χ4n) is 3.91. The van der Waals surface area contributed by atoms with Gasteiger partial charge in [0.25, 0.3) is 0 Å². The van der Waals surface area contributed by atoms with Gasteiger partial charge in [-0.2, -0.15) is 0 Å². The molecule has 2 unspecified atom stereocenters. The lowest BCUT2D eigenvalue weighted by atomic mass is 9.93. The standard InChI is InChI=1S/C28H39NO/c1-5-8-11-18-25(21-24-16-12-9-13-17-24)22-29(23(4)6-2)28(30)27(7-3)26-19-14-10-15-20-26/h9-10,12-17,19-21,23,27H,5-8,11,18,22H2,1-4H3/b25-21+. The van der Waals surface area contributed by atoms with E-state index in [0.717, 1.165) is 31.4 Å². The number of amides is 1. The van der Waals surface area contributed by atoms with Gasteiger partial charge in [0, 0.05) is 12.6 Å². The topological polar surface area (TPSA) is 20.3 Å². The zero-order chi connectivity index (χ0) is 21.8. The summed E-state index contributed by atoms with van der Waals surface area (Å²) < 4.78 is 0. The monoisotopic (exact) mass is 405 g/mol. The second-order valence-corrected chi connectivity index (χ2v) is 8.27. The Labute approximate surface area is 184 Å². The van der Waals surface area contributed by atoms with Crippen molar-refractivity contribution in [1.82, 2.24) is 4.90 Å². The van der Waals surface area contributed by atoms with Crippen molar-refractivity contribution in [2.75, 3.05) is 6.54 Å². The molecular formula is C28H39NO. The summed E-state index contributed by atoms with van der Waals surface area (Å²) in [5.74, 6) is 0.182. The van der Waals surface area contributed by atoms with Gasteiger partial charge in [0.05, 0.1) is 5.92 Å². The molecule has 0 N–H and O–H groups in total. The number of nitrogens with zero attached hydrogens (tertiary/aromatic N) is 1. The highest BCUT2D eigenvalue weighted by Crippen LogP contribution is 2.26. The molecule has 0 aliphatic carbocycles. The van der Waals surface area contributed by atoms with Crippen molar-refractivity contribution >= 4 is 12.0 Å². The molecule has 2 aromatic rings. The number of rotatable bonds is 12. The van der Waals surface area contributed by atoms with E-state index in [1.54, 1.807) is 0 Å². The van der Waals surface area contributed by atoms with Gasteiger partial charge < -0.3 is 4.90 Å². The number of hydrogen-bond acceptors (Lipinski definition) is 1. The summed E-state index contributed by atoms with van der Waals surface area (Å²) in [6.45, 7) is 9.43. The van der Waals surface area contributed by atoms with Crippen LogP contribution in [0.5, 0.6) is 0 Å². The summed E-state index contributed by atoms with van der Waals surface area (Å²) in [6, 6.07) is 21.0. The number of hydrogen-bond donors (Lipinski definition) is 0. The molecule has 0 radical (unpaired) electrons. The first-order valence-electron chi connectivity index (χ1n) is 11.7. The Hall–Kier alpha value is -2.35. The van der Waals surface area contributed by atoms with E-state index in [2.05, 4.69) is 81.1 Å². The SMILES string of the molecule is CCCCC/C(=C\c1ccccc1)CN(C(=O)C(CC)c1ccccc1)C(C)CC. The molecule has 30 heavy (non-hydrogen) atoms. The van der Waals surface area contributed by atoms with E-state index in [1.165, 1.54) is 30.4 Å². The minimum atomic E-state index is -0.0752. The van der Waals surface area contributed by atoms with Crippen LogP contribution in [-0.4, -0.2) is 23.4 Å². The van der Waals surface area contributed by atoms with E-state index in [-0.39, 0.29) is 17.9 Å². The Bertz CT molecular complexity index is 766. The second kappa shape index (κ2) is 13.1.